The molecule has 0 spiro atoms. The van der Waals surface area contributed by atoms with Gasteiger partial charge in [-0.05, 0) is 36.2 Å². The van der Waals surface area contributed by atoms with Crippen LogP contribution in [0.1, 0.15) is 25.3 Å². The van der Waals surface area contributed by atoms with Crippen molar-refractivity contribution in [1.29, 1.82) is 0 Å². The van der Waals surface area contributed by atoms with E-state index in [1.807, 2.05) is 24.3 Å². The molecule has 1 aromatic rings. The minimum Gasteiger partial charge on any atom is -0.497 e. The molecule has 1 amide bonds. The molecule has 1 saturated heterocycles. The average Bonchev–Trinajstić information content (AvgIpc) is 2.80. The molecule has 1 heterocycles. The van der Waals surface area contributed by atoms with Crippen LogP contribution in [0.3, 0.4) is 0 Å². The van der Waals surface area contributed by atoms with E-state index >= 15 is 0 Å². The number of thioether (sulfide) groups is 1. The Kier molecular flexibility index (Phi) is 5.17. The van der Waals surface area contributed by atoms with Gasteiger partial charge in [0.2, 0.25) is 5.91 Å². The van der Waals surface area contributed by atoms with E-state index in [9.17, 15) is 4.79 Å². The predicted molar refractivity (Wildman–Crippen MR) is 82.5 cm³/mol. The van der Waals surface area contributed by atoms with Crippen LogP contribution in [0.25, 0.3) is 0 Å². The van der Waals surface area contributed by atoms with Crippen LogP contribution in [-0.4, -0.2) is 29.6 Å². The Labute approximate surface area is 122 Å². The summed E-state index contributed by atoms with van der Waals surface area (Å²) in [6, 6.07) is 7.50. The molecule has 20 heavy (non-hydrogen) atoms. The van der Waals surface area contributed by atoms with Crippen molar-refractivity contribution < 1.29 is 9.53 Å². The lowest BCUT2D eigenvalue weighted by Gasteiger charge is -1.99. The summed E-state index contributed by atoms with van der Waals surface area (Å²) in [6.45, 7) is 2.06. The first-order chi connectivity index (χ1) is 9.72. The monoisotopic (exact) mass is 291 g/mol. The predicted octanol–water partition coefficient (Wildman–Crippen LogP) is 2.42. The zero-order valence-corrected chi connectivity index (χ0v) is 12.3. The molecule has 6 heteroatoms. The molecule has 1 fully saturated rings. The number of nitrogens with one attached hydrogen (secondary N) is 1. The lowest BCUT2D eigenvalue weighted by Crippen LogP contribution is -2.24. The van der Waals surface area contributed by atoms with Gasteiger partial charge in [0.05, 0.1) is 18.6 Å². The van der Waals surface area contributed by atoms with Crippen molar-refractivity contribution in [3.63, 3.8) is 0 Å². The van der Waals surface area contributed by atoms with Crippen molar-refractivity contribution >= 4 is 29.1 Å². The number of hydrogen-bond acceptors (Lipinski definition) is 5. The third-order valence-corrected chi connectivity index (χ3v) is 3.94. The summed E-state index contributed by atoms with van der Waals surface area (Å²) in [5, 5.41) is 11.3. The molecular weight excluding hydrogens is 274 g/mol. The second-order valence-electron chi connectivity index (χ2n) is 4.31. The SMILES string of the molecule is CCCC1S/C(=N/N=C/c2ccc(OC)cc2)NC1=O. The van der Waals surface area contributed by atoms with Crippen molar-refractivity contribution in [3.05, 3.63) is 29.8 Å². The summed E-state index contributed by atoms with van der Waals surface area (Å²) < 4.78 is 5.08. The van der Waals surface area contributed by atoms with Gasteiger partial charge in [0, 0.05) is 0 Å². The van der Waals surface area contributed by atoms with Crippen molar-refractivity contribution in [2.75, 3.05) is 7.11 Å². The van der Waals surface area contributed by atoms with Crippen LogP contribution in [-0.2, 0) is 4.79 Å². The summed E-state index contributed by atoms with van der Waals surface area (Å²) in [7, 11) is 1.63. The number of rotatable bonds is 5. The van der Waals surface area contributed by atoms with Crippen LogP contribution >= 0.6 is 11.8 Å². The Morgan fingerprint density at radius 1 is 1.40 bits per heavy atom. The number of amides is 1. The van der Waals surface area contributed by atoms with Crippen molar-refractivity contribution in [3.8, 4) is 5.75 Å². The fraction of sp³-hybridized carbons (Fsp3) is 0.357. The highest BCUT2D eigenvalue weighted by Crippen LogP contribution is 2.23. The normalized spacial score (nSPS) is 20.6. The van der Waals surface area contributed by atoms with Crippen LogP contribution in [0.2, 0.25) is 0 Å². The molecule has 1 unspecified atom stereocenters. The molecule has 1 aliphatic heterocycles. The molecular formula is C14H17N3O2S. The van der Waals surface area contributed by atoms with E-state index in [1.165, 1.54) is 11.8 Å². The molecule has 106 valence electrons. The second kappa shape index (κ2) is 7.09. The molecule has 0 aliphatic carbocycles. The third kappa shape index (κ3) is 3.84. The maximum atomic E-state index is 11.6. The summed E-state index contributed by atoms with van der Waals surface area (Å²) in [5.41, 5.74) is 0.926. The molecule has 0 saturated carbocycles. The van der Waals surface area contributed by atoms with Gasteiger partial charge in [0.25, 0.3) is 0 Å². The van der Waals surface area contributed by atoms with Gasteiger partial charge in [0.1, 0.15) is 5.75 Å². The lowest BCUT2D eigenvalue weighted by molar-refractivity contribution is -0.118. The van der Waals surface area contributed by atoms with E-state index in [2.05, 4.69) is 22.4 Å². The largest absolute Gasteiger partial charge is 0.497 e. The average molecular weight is 291 g/mol. The number of carbonyl (C=O) groups excluding carboxylic acids is 1. The molecule has 1 aliphatic rings. The van der Waals surface area contributed by atoms with Gasteiger partial charge in [-0.15, -0.1) is 5.10 Å². The van der Waals surface area contributed by atoms with Gasteiger partial charge in [-0.3, -0.25) is 4.79 Å². The molecule has 2 rings (SSSR count). The number of carbonyl (C=O) groups is 1. The van der Waals surface area contributed by atoms with Gasteiger partial charge in [0.15, 0.2) is 5.17 Å². The van der Waals surface area contributed by atoms with Gasteiger partial charge in [-0.2, -0.15) is 5.10 Å². The van der Waals surface area contributed by atoms with Gasteiger partial charge >= 0.3 is 0 Å². The van der Waals surface area contributed by atoms with Crippen LogP contribution in [0, 0.1) is 0 Å². The smallest absolute Gasteiger partial charge is 0.239 e. The van der Waals surface area contributed by atoms with E-state index in [-0.39, 0.29) is 11.2 Å². The van der Waals surface area contributed by atoms with Crippen molar-refractivity contribution in [2.45, 2.75) is 25.0 Å². The molecule has 5 nitrogen and oxygen atoms in total. The topological polar surface area (TPSA) is 63.1 Å². The number of methoxy groups -OCH3 is 1. The fourth-order valence-electron chi connectivity index (χ4n) is 1.74. The maximum absolute atomic E-state index is 11.6. The minimum atomic E-state index is -0.0325. The molecule has 0 radical (unpaired) electrons. The quantitative estimate of drug-likeness (QED) is 0.669. The van der Waals surface area contributed by atoms with Crippen LogP contribution < -0.4 is 10.1 Å². The number of nitrogens with zero attached hydrogens (tertiary/aromatic N) is 2. The first-order valence-electron chi connectivity index (χ1n) is 6.45. The second-order valence-corrected chi connectivity index (χ2v) is 5.50. The van der Waals surface area contributed by atoms with E-state index in [4.69, 9.17) is 4.74 Å². The van der Waals surface area contributed by atoms with Crippen molar-refractivity contribution in [2.24, 2.45) is 10.2 Å². The number of amidine groups is 1. The van der Waals surface area contributed by atoms with Gasteiger partial charge in [-0.1, -0.05) is 25.1 Å². The third-order valence-electron chi connectivity index (χ3n) is 2.80. The Morgan fingerprint density at radius 2 is 2.15 bits per heavy atom. The van der Waals surface area contributed by atoms with Crippen molar-refractivity contribution in [1.82, 2.24) is 5.32 Å². The summed E-state index contributed by atoms with van der Waals surface area (Å²) in [6.07, 6.45) is 3.48. The molecule has 0 bridgehead atoms. The Bertz CT molecular complexity index is 526. The fourth-order valence-corrected chi connectivity index (χ4v) is 2.79. The molecule has 1 atom stereocenters. The van der Waals surface area contributed by atoms with E-state index < -0.39 is 0 Å². The standard InChI is InChI=1S/C14H17N3O2S/c1-3-4-12-13(18)16-14(20-12)17-15-9-10-5-7-11(19-2)8-6-10/h5-9,12H,3-4H2,1-2H3,(H,16,17,18)/b15-9+. The Hall–Kier alpha value is -1.82. The molecule has 0 aromatic heterocycles. The highest BCUT2D eigenvalue weighted by Gasteiger charge is 2.29. The highest BCUT2D eigenvalue weighted by molar-refractivity contribution is 8.15. The van der Waals surface area contributed by atoms with Crippen LogP contribution in [0.4, 0.5) is 0 Å². The summed E-state index contributed by atoms with van der Waals surface area (Å²) in [5.74, 6) is 0.824. The zero-order valence-electron chi connectivity index (χ0n) is 11.5. The van der Waals surface area contributed by atoms with Gasteiger partial charge < -0.3 is 10.1 Å². The van der Waals surface area contributed by atoms with Crippen LogP contribution in [0.15, 0.2) is 34.5 Å². The first kappa shape index (κ1) is 14.6. The number of benzene rings is 1. The summed E-state index contributed by atoms with van der Waals surface area (Å²) >= 11 is 1.44. The van der Waals surface area contributed by atoms with E-state index in [0.29, 0.717) is 5.17 Å². The Morgan fingerprint density at radius 3 is 2.80 bits per heavy atom. The lowest BCUT2D eigenvalue weighted by atomic mass is 10.2. The maximum Gasteiger partial charge on any atom is 0.239 e. The number of hydrogen-bond donors (Lipinski definition) is 1. The number of ether oxygens (including phenoxy) is 1. The van der Waals surface area contributed by atoms with Crippen LogP contribution in [0.5, 0.6) is 5.75 Å². The Balaban J connectivity index is 1.95. The molecule has 1 aromatic carbocycles. The van der Waals surface area contributed by atoms with Gasteiger partial charge in [-0.25, -0.2) is 0 Å². The molecule has 1 N–H and O–H groups in total. The zero-order chi connectivity index (χ0) is 14.4. The summed E-state index contributed by atoms with van der Waals surface area (Å²) in [4.78, 5) is 11.6. The van der Waals surface area contributed by atoms with E-state index in [0.717, 1.165) is 24.2 Å². The van der Waals surface area contributed by atoms with E-state index in [1.54, 1.807) is 13.3 Å². The minimum absolute atomic E-state index is 0.0234. The first-order valence-corrected chi connectivity index (χ1v) is 7.33. The highest BCUT2D eigenvalue weighted by atomic mass is 32.2.